The molecule has 142 valence electrons. The van der Waals surface area contributed by atoms with Gasteiger partial charge in [0.25, 0.3) is 5.91 Å². The maximum atomic E-state index is 12.9. The van der Waals surface area contributed by atoms with Crippen molar-refractivity contribution >= 4 is 11.9 Å². The Morgan fingerprint density at radius 1 is 1.00 bits per heavy atom. The fourth-order valence-corrected chi connectivity index (χ4v) is 3.28. The quantitative estimate of drug-likeness (QED) is 0.682. The first kappa shape index (κ1) is 17.9. The lowest BCUT2D eigenvalue weighted by atomic mass is 9.88. The van der Waals surface area contributed by atoms with E-state index in [4.69, 9.17) is 13.9 Å². The molecule has 1 N–H and O–H groups in total. The van der Waals surface area contributed by atoms with E-state index in [0.717, 1.165) is 11.1 Å². The van der Waals surface area contributed by atoms with Crippen molar-refractivity contribution in [1.29, 1.82) is 0 Å². The molecule has 0 saturated carbocycles. The van der Waals surface area contributed by atoms with Gasteiger partial charge in [-0.2, -0.15) is 0 Å². The van der Waals surface area contributed by atoms with E-state index in [1.54, 1.807) is 19.1 Å². The third-order valence-electron chi connectivity index (χ3n) is 4.61. The lowest BCUT2D eigenvalue weighted by molar-refractivity contribution is -0.149. The SMILES string of the molecule is C[C@@H](NC(=O)COC(=O)C1c2ccccc2Oc2ccccc21)c1ccco1. The molecule has 0 aliphatic carbocycles. The number of carbonyl (C=O) groups excluding carboxylic acids is 2. The van der Waals surface area contributed by atoms with Gasteiger partial charge >= 0.3 is 5.97 Å². The van der Waals surface area contributed by atoms with E-state index in [2.05, 4.69) is 5.32 Å². The second kappa shape index (κ2) is 7.60. The Bertz CT molecular complexity index is 950. The van der Waals surface area contributed by atoms with E-state index in [9.17, 15) is 9.59 Å². The summed E-state index contributed by atoms with van der Waals surface area (Å²) in [7, 11) is 0. The highest BCUT2D eigenvalue weighted by atomic mass is 16.5. The van der Waals surface area contributed by atoms with E-state index in [-0.39, 0.29) is 12.6 Å². The van der Waals surface area contributed by atoms with Gasteiger partial charge in [0.2, 0.25) is 0 Å². The minimum absolute atomic E-state index is 0.314. The first-order valence-electron chi connectivity index (χ1n) is 8.98. The Labute approximate surface area is 162 Å². The lowest BCUT2D eigenvalue weighted by Crippen LogP contribution is -2.32. The number of benzene rings is 2. The minimum atomic E-state index is -0.642. The molecule has 1 aromatic heterocycles. The summed E-state index contributed by atoms with van der Waals surface area (Å²) >= 11 is 0. The summed E-state index contributed by atoms with van der Waals surface area (Å²) in [5, 5.41) is 2.74. The van der Waals surface area contributed by atoms with Crippen LogP contribution in [0.1, 0.15) is 35.8 Å². The highest BCUT2D eigenvalue weighted by molar-refractivity contribution is 5.87. The third kappa shape index (κ3) is 3.49. The number of carbonyl (C=O) groups is 2. The van der Waals surface area contributed by atoms with Crippen molar-refractivity contribution in [2.75, 3.05) is 6.61 Å². The molecule has 4 rings (SSSR count). The molecular weight excluding hydrogens is 358 g/mol. The normalized spacial score (nSPS) is 13.6. The van der Waals surface area contributed by atoms with Gasteiger partial charge in [-0.15, -0.1) is 0 Å². The number of furan rings is 1. The van der Waals surface area contributed by atoms with Crippen molar-refractivity contribution in [2.45, 2.75) is 18.9 Å². The average Bonchev–Trinajstić information content (AvgIpc) is 3.25. The Hall–Kier alpha value is -3.54. The molecule has 2 aromatic carbocycles. The van der Waals surface area contributed by atoms with Crippen molar-refractivity contribution in [3.8, 4) is 11.5 Å². The molecule has 3 aromatic rings. The predicted molar refractivity (Wildman–Crippen MR) is 101 cm³/mol. The van der Waals surface area contributed by atoms with Crippen LogP contribution in [0.4, 0.5) is 0 Å². The van der Waals surface area contributed by atoms with E-state index >= 15 is 0 Å². The highest BCUT2D eigenvalue weighted by Gasteiger charge is 2.33. The third-order valence-corrected chi connectivity index (χ3v) is 4.61. The second-order valence-corrected chi connectivity index (χ2v) is 6.52. The van der Waals surface area contributed by atoms with Crippen LogP contribution in [-0.2, 0) is 14.3 Å². The van der Waals surface area contributed by atoms with Crippen LogP contribution < -0.4 is 10.1 Å². The fraction of sp³-hybridized carbons (Fsp3) is 0.182. The van der Waals surface area contributed by atoms with Gasteiger partial charge in [0, 0.05) is 11.1 Å². The molecule has 0 fully saturated rings. The number of fused-ring (bicyclic) bond motifs is 2. The van der Waals surface area contributed by atoms with Gasteiger partial charge in [0.05, 0.1) is 12.3 Å². The molecule has 2 heterocycles. The number of rotatable bonds is 5. The van der Waals surface area contributed by atoms with E-state index in [1.165, 1.54) is 6.26 Å². The zero-order valence-corrected chi connectivity index (χ0v) is 15.3. The number of amides is 1. The number of esters is 1. The smallest absolute Gasteiger partial charge is 0.318 e. The fourth-order valence-electron chi connectivity index (χ4n) is 3.28. The maximum absolute atomic E-state index is 12.9. The minimum Gasteiger partial charge on any atom is -0.467 e. The molecule has 6 heteroatoms. The molecule has 0 radical (unpaired) electrons. The van der Waals surface area contributed by atoms with Gasteiger partial charge in [-0.05, 0) is 31.2 Å². The van der Waals surface area contributed by atoms with Crippen molar-refractivity contribution in [1.82, 2.24) is 5.32 Å². The first-order chi connectivity index (χ1) is 13.6. The largest absolute Gasteiger partial charge is 0.467 e. The van der Waals surface area contributed by atoms with Crippen LogP contribution in [0.15, 0.2) is 71.3 Å². The van der Waals surface area contributed by atoms with Crippen LogP contribution in [0.25, 0.3) is 0 Å². The molecule has 28 heavy (non-hydrogen) atoms. The zero-order valence-electron chi connectivity index (χ0n) is 15.3. The summed E-state index contributed by atoms with van der Waals surface area (Å²) in [4.78, 5) is 25.0. The van der Waals surface area contributed by atoms with Gasteiger partial charge in [-0.1, -0.05) is 36.4 Å². The molecule has 1 aliphatic heterocycles. The van der Waals surface area contributed by atoms with Gasteiger partial charge < -0.3 is 19.2 Å². The Kier molecular flexibility index (Phi) is 4.85. The van der Waals surface area contributed by atoms with Crippen LogP contribution >= 0.6 is 0 Å². The van der Waals surface area contributed by atoms with Crippen molar-refractivity contribution in [2.24, 2.45) is 0 Å². The predicted octanol–water partition coefficient (Wildman–Crippen LogP) is 3.94. The average molecular weight is 377 g/mol. The molecule has 1 amide bonds. The maximum Gasteiger partial charge on any atom is 0.318 e. The van der Waals surface area contributed by atoms with Crippen LogP contribution in [0, 0.1) is 0 Å². The lowest BCUT2D eigenvalue weighted by Gasteiger charge is -2.26. The van der Waals surface area contributed by atoms with Crippen molar-refractivity contribution in [3.05, 3.63) is 83.8 Å². The van der Waals surface area contributed by atoms with Gasteiger partial charge in [0.1, 0.15) is 23.2 Å². The zero-order chi connectivity index (χ0) is 19.5. The molecule has 6 nitrogen and oxygen atoms in total. The van der Waals surface area contributed by atoms with E-state index in [1.807, 2.05) is 48.5 Å². The highest BCUT2D eigenvalue weighted by Crippen LogP contribution is 2.44. The van der Waals surface area contributed by atoms with E-state index < -0.39 is 17.8 Å². The van der Waals surface area contributed by atoms with Crippen LogP contribution in [0.3, 0.4) is 0 Å². The van der Waals surface area contributed by atoms with Gasteiger partial charge in [-0.3, -0.25) is 9.59 Å². The van der Waals surface area contributed by atoms with Crippen LogP contribution in [-0.4, -0.2) is 18.5 Å². The summed E-state index contributed by atoms with van der Waals surface area (Å²) in [5.74, 6) is 0.316. The second-order valence-electron chi connectivity index (χ2n) is 6.52. The standard InChI is InChI=1S/C22H19NO5/c1-14(17-11-6-12-26-17)23-20(24)13-27-22(25)21-15-7-2-4-9-18(15)28-19-10-5-3-8-16(19)21/h2-12,14,21H,13H2,1H3,(H,23,24)/t14-/m1/s1. The summed E-state index contributed by atoms with van der Waals surface area (Å²) in [6.07, 6.45) is 1.54. The number of hydrogen-bond donors (Lipinski definition) is 1. The summed E-state index contributed by atoms with van der Waals surface area (Å²) in [6, 6.07) is 17.9. The molecule has 1 atom stereocenters. The summed E-state index contributed by atoms with van der Waals surface area (Å²) in [6.45, 7) is 1.43. The van der Waals surface area contributed by atoms with Crippen molar-refractivity contribution in [3.63, 3.8) is 0 Å². The molecule has 0 saturated heterocycles. The number of ether oxygens (including phenoxy) is 2. The number of nitrogens with one attached hydrogen (secondary N) is 1. The van der Waals surface area contributed by atoms with Crippen LogP contribution in [0.5, 0.6) is 11.5 Å². The number of para-hydroxylation sites is 2. The molecule has 1 aliphatic rings. The Morgan fingerprint density at radius 2 is 1.64 bits per heavy atom. The molecule has 0 bridgehead atoms. The molecular formula is C22H19NO5. The Morgan fingerprint density at radius 3 is 2.25 bits per heavy atom. The Balaban J connectivity index is 1.47. The topological polar surface area (TPSA) is 77.8 Å². The summed E-state index contributed by atoms with van der Waals surface area (Å²) in [5.41, 5.74) is 1.44. The molecule has 0 spiro atoms. The van der Waals surface area contributed by atoms with E-state index in [0.29, 0.717) is 17.3 Å². The first-order valence-corrected chi connectivity index (χ1v) is 8.98. The van der Waals surface area contributed by atoms with Crippen molar-refractivity contribution < 1.29 is 23.5 Å². The van der Waals surface area contributed by atoms with Crippen LogP contribution in [0.2, 0.25) is 0 Å². The van der Waals surface area contributed by atoms with Gasteiger partial charge in [0.15, 0.2) is 6.61 Å². The summed E-state index contributed by atoms with van der Waals surface area (Å²) < 4.78 is 16.5. The molecule has 0 unspecified atom stereocenters. The van der Waals surface area contributed by atoms with Gasteiger partial charge in [-0.25, -0.2) is 0 Å². The monoisotopic (exact) mass is 377 g/mol. The number of hydrogen-bond acceptors (Lipinski definition) is 5.